The molecule has 0 bridgehead atoms. The molecule has 82 valence electrons. The van der Waals surface area contributed by atoms with Crippen molar-refractivity contribution >= 4 is 5.91 Å². The first kappa shape index (κ1) is 11.5. The van der Waals surface area contributed by atoms with Crippen molar-refractivity contribution in [1.29, 1.82) is 0 Å². The Morgan fingerprint density at radius 1 is 1.36 bits per heavy atom. The van der Waals surface area contributed by atoms with Gasteiger partial charge in [-0.1, -0.05) is 0 Å². The number of likely N-dealkylation sites (N-methyl/N-ethyl adjacent to an activating group) is 1. The van der Waals surface area contributed by atoms with Crippen LogP contribution in [0, 0.1) is 0 Å². The molecule has 0 spiro atoms. The monoisotopic (exact) mass is 199 g/mol. The third-order valence-electron chi connectivity index (χ3n) is 2.36. The van der Waals surface area contributed by atoms with Crippen LogP contribution in [0.4, 0.5) is 0 Å². The first-order chi connectivity index (χ1) is 6.49. The maximum absolute atomic E-state index is 11.8. The number of piperazine rings is 1. The highest BCUT2D eigenvalue weighted by Gasteiger charge is 2.24. The summed E-state index contributed by atoms with van der Waals surface area (Å²) in [5.41, 5.74) is 0. The fourth-order valence-corrected chi connectivity index (χ4v) is 1.90. The summed E-state index contributed by atoms with van der Waals surface area (Å²) in [6, 6.07) is 0.815. The van der Waals surface area contributed by atoms with Crippen molar-refractivity contribution in [2.45, 2.75) is 25.9 Å². The predicted molar refractivity (Wildman–Crippen MR) is 57.2 cm³/mol. The van der Waals surface area contributed by atoms with Crippen LogP contribution < -0.4 is 5.32 Å². The third kappa shape index (κ3) is 3.27. The van der Waals surface area contributed by atoms with E-state index >= 15 is 0 Å². The Bertz CT molecular complexity index is 196. The van der Waals surface area contributed by atoms with Crippen molar-refractivity contribution in [1.82, 2.24) is 15.1 Å². The second kappa shape index (κ2) is 4.75. The van der Waals surface area contributed by atoms with E-state index in [-0.39, 0.29) is 5.91 Å². The first-order valence-corrected chi connectivity index (χ1v) is 5.17. The van der Waals surface area contributed by atoms with Gasteiger partial charge >= 0.3 is 0 Å². The molecule has 0 aromatic carbocycles. The molecule has 0 aromatic heterocycles. The molecule has 0 saturated carbocycles. The fourth-order valence-electron chi connectivity index (χ4n) is 1.90. The lowest BCUT2D eigenvalue weighted by molar-refractivity contribution is -0.133. The SMILES string of the molecule is CC1CN(C(=O)CN(C)C)CC(C)N1. The minimum Gasteiger partial charge on any atom is -0.338 e. The Balaban J connectivity index is 2.46. The Morgan fingerprint density at radius 3 is 2.29 bits per heavy atom. The number of rotatable bonds is 2. The molecule has 0 aliphatic carbocycles. The van der Waals surface area contributed by atoms with Gasteiger partial charge in [-0.2, -0.15) is 0 Å². The molecular weight excluding hydrogens is 178 g/mol. The number of amides is 1. The summed E-state index contributed by atoms with van der Waals surface area (Å²) in [4.78, 5) is 15.6. The summed E-state index contributed by atoms with van der Waals surface area (Å²) in [7, 11) is 3.85. The Labute approximate surface area is 86.2 Å². The molecule has 1 saturated heterocycles. The van der Waals surface area contributed by atoms with Crippen LogP contribution in [0.5, 0.6) is 0 Å². The largest absolute Gasteiger partial charge is 0.338 e. The molecule has 1 fully saturated rings. The molecule has 14 heavy (non-hydrogen) atoms. The minimum absolute atomic E-state index is 0.232. The van der Waals surface area contributed by atoms with Gasteiger partial charge in [0, 0.05) is 25.2 Å². The summed E-state index contributed by atoms with van der Waals surface area (Å²) in [6.45, 7) is 6.41. The van der Waals surface area contributed by atoms with Crippen molar-refractivity contribution in [3.8, 4) is 0 Å². The van der Waals surface area contributed by atoms with Gasteiger partial charge in [0.25, 0.3) is 0 Å². The van der Waals surface area contributed by atoms with Crippen molar-refractivity contribution in [2.75, 3.05) is 33.7 Å². The van der Waals surface area contributed by atoms with Gasteiger partial charge in [0.05, 0.1) is 6.54 Å². The highest BCUT2D eigenvalue weighted by atomic mass is 16.2. The van der Waals surface area contributed by atoms with E-state index in [1.165, 1.54) is 0 Å². The Hall–Kier alpha value is -0.610. The molecule has 1 rings (SSSR count). The van der Waals surface area contributed by atoms with Crippen LogP contribution in [-0.4, -0.2) is 61.5 Å². The van der Waals surface area contributed by atoms with Crippen LogP contribution in [0.3, 0.4) is 0 Å². The van der Waals surface area contributed by atoms with Gasteiger partial charge in [0.1, 0.15) is 0 Å². The normalized spacial score (nSPS) is 28.2. The van der Waals surface area contributed by atoms with E-state index in [1.54, 1.807) is 0 Å². The molecule has 2 unspecified atom stereocenters. The van der Waals surface area contributed by atoms with Gasteiger partial charge in [-0.15, -0.1) is 0 Å². The third-order valence-corrected chi connectivity index (χ3v) is 2.36. The number of hydrogen-bond acceptors (Lipinski definition) is 3. The number of carbonyl (C=O) groups is 1. The maximum atomic E-state index is 11.8. The average Bonchev–Trinajstić information content (AvgIpc) is 2.00. The first-order valence-electron chi connectivity index (χ1n) is 5.17. The summed E-state index contributed by atoms with van der Waals surface area (Å²) in [5, 5.41) is 3.41. The summed E-state index contributed by atoms with van der Waals surface area (Å²) < 4.78 is 0. The van der Waals surface area contributed by atoms with E-state index < -0.39 is 0 Å². The van der Waals surface area contributed by atoms with Crippen molar-refractivity contribution in [2.24, 2.45) is 0 Å². The lowest BCUT2D eigenvalue weighted by Gasteiger charge is -2.36. The van der Waals surface area contributed by atoms with Crippen LogP contribution in [0.15, 0.2) is 0 Å². The number of nitrogens with zero attached hydrogens (tertiary/aromatic N) is 2. The minimum atomic E-state index is 0.232. The van der Waals surface area contributed by atoms with Gasteiger partial charge in [-0.3, -0.25) is 4.79 Å². The lowest BCUT2D eigenvalue weighted by Crippen LogP contribution is -2.57. The smallest absolute Gasteiger partial charge is 0.236 e. The molecular formula is C10H21N3O. The number of hydrogen-bond donors (Lipinski definition) is 1. The van der Waals surface area contributed by atoms with E-state index in [0.29, 0.717) is 18.6 Å². The molecule has 1 aliphatic rings. The second-order valence-electron chi connectivity index (χ2n) is 4.51. The van der Waals surface area contributed by atoms with Crippen molar-refractivity contribution in [3.63, 3.8) is 0 Å². The summed E-state index contributed by atoms with van der Waals surface area (Å²) >= 11 is 0. The second-order valence-corrected chi connectivity index (χ2v) is 4.51. The summed E-state index contributed by atoms with van der Waals surface area (Å²) in [6.07, 6.45) is 0. The topological polar surface area (TPSA) is 35.6 Å². The fraction of sp³-hybridized carbons (Fsp3) is 0.900. The molecule has 1 aliphatic heterocycles. The predicted octanol–water partition coefficient (Wildman–Crippen LogP) is -0.243. The molecule has 4 heteroatoms. The van der Waals surface area contributed by atoms with E-state index in [4.69, 9.17) is 0 Å². The quantitative estimate of drug-likeness (QED) is 0.666. The zero-order valence-corrected chi connectivity index (χ0v) is 9.58. The molecule has 0 aromatic rings. The van der Waals surface area contributed by atoms with Gasteiger partial charge in [-0.25, -0.2) is 0 Å². The van der Waals surface area contributed by atoms with Crippen LogP contribution in [0.2, 0.25) is 0 Å². The maximum Gasteiger partial charge on any atom is 0.236 e. The van der Waals surface area contributed by atoms with Crippen molar-refractivity contribution in [3.05, 3.63) is 0 Å². The highest BCUT2D eigenvalue weighted by Crippen LogP contribution is 2.04. The molecule has 0 radical (unpaired) electrons. The van der Waals surface area contributed by atoms with Crippen LogP contribution in [0.25, 0.3) is 0 Å². The Kier molecular flexibility index (Phi) is 3.89. The highest BCUT2D eigenvalue weighted by molar-refractivity contribution is 5.78. The van der Waals surface area contributed by atoms with E-state index in [2.05, 4.69) is 19.2 Å². The summed E-state index contributed by atoms with van der Waals surface area (Å²) in [5.74, 6) is 0.232. The van der Waals surface area contributed by atoms with Crippen molar-refractivity contribution < 1.29 is 4.79 Å². The molecule has 4 nitrogen and oxygen atoms in total. The molecule has 1 amide bonds. The number of nitrogens with one attached hydrogen (secondary N) is 1. The standard InChI is InChI=1S/C10H21N3O/c1-8-5-13(6-9(2)11-8)10(14)7-12(3)4/h8-9,11H,5-7H2,1-4H3. The van der Waals surface area contributed by atoms with Crippen LogP contribution in [0.1, 0.15) is 13.8 Å². The van der Waals surface area contributed by atoms with E-state index in [0.717, 1.165) is 13.1 Å². The Morgan fingerprint density at radius 2 is 1.86 bits per heavy atom. The number of carbonyl (C=O) groups excluding carboxylic acids is 1. The van der Waals surface area contributed by atoms with Gasteiger partial charge in [0.2, 0.25) is 5.91 Å². The van der Waals surface area contributed by atoms with Gasteiger partial charge in [0.15, 0.2) is 0 Å². The average molecular weight is 199 g/mol. The van der Waals surface area contributed by atoms with E-state index in [1.807, 2.05) is 23.9 Å². The molecule has 1 heterocycles. The zero-order valence-electron chi connectivity index (χ0n) is 9.58. The van der Waals surface area contributed by atoms with E-state index in [9.17, 15) is 4.79 Å². The van der Waals surface area contributed by atoms with Crippen LogP contribution >= 0.6 is 0 Å². The van der Waals surface area contributed by atoms with Gasteiger partial charge in [-0.05, 0) is 27.9 Å². The lowest BCUT2D eigenvalue weighted by atomic mass is 10.1. The molecule has 1 N–H and O–H groups in total. The van der Waals surface area contributed by atoms with Crippen LogP contribution in [-0.2, 0) is 4.79 Å². The molecule has 2 atom stereocenters. The van der Waals surface area contributed by atoms with Gasteiger partial charge < -0.3 is 15.1 Å². The zero-order chi connectivity index (χ0) is 10.7.